The van der Waals surface area contributed by atoms with E-state index in [0.29, 0.717) is 0 Å². The molecule has 11 rings (SSSR count). The molecule has 8 aromatic carbocycles. The fourth-order valence-electron chi connectivity index (χ4n) is 10.2. The zero-order chi connectivity index (χ0) is 39.4. The molecule has 0 amide bonds. The second-order valence-electron chi connectivity index (χ2n) is 16.0. The van der Waals surface area contributed by atoms with Crippen molar-refractivity contribution in [2.24, 2.45) is 0 Å². The first-order chi connectivity index (χ1) is 28.1. The Morgan fingerprint density at radius 3 is 1.28 bits per heavy atom. The van der Waals surface area contributed by atoms with E-state index in [4.69, 9.17) is 0 Å². The molecule has 58 heavy (non-hydrogen) atoms. The van der Waals surface area contributed by atoms with Gasteiger partial charge in [0.25, 0.3) is 0 Å². The maximum atomic E-state index is 12.9. The topological polar surface area (TPSA) is 12.5 Å². The summed E-state index contributed by atoms with van der Waals surface area (Å²) in [6.45, 7) is 4.61. The Labute approximate surface area is 335 Å². The van der Waals surface area contributed by atoms with Crippen molar-refractivity contribution in [3.63, 3.8) is 0 Å². The number of anilines is 3. The van der Waals surface area contributed by atoms with E-state index >= 15 is 0 Å². The first-order valence-corrected chi connectivity index (χ1v) is 19.6. The predicted octanol–water partition coefficient (Wildman–Crippen LogP) is 14.4. The monoisotopic (exact) mass is 759 g/mol. The minimum atomic E-state index is -4.74. The maximum absolute atomic E-state index is 12.9. The van der Waals surface area contributed by atoms with Crippen molar-refractivity contribution in [2.45, 2.75) is 31.0 Å². The first-order valence-electron chi connectivity index (χ1n) is 19.6. The molecule has 0 N–H and O–H groups in total. The summed E-state index contributed by atoms with van der Waals surface area (Å²) in [5.74, 6) is -0.246. The van der Waals surface area contributed by atoms with Crippen LogP contribution in [0, 0.1) is 0 Å². The van der Waals surface area contributed by atoms with Crippen LogP contribution in [0.3, 0.4) is 0 Å². The van der Waals surface area contributed by atoms with E-state index in [9.17, 15) is 13.2 Å². The fourth-order valence-corrected chi connectivity index (χ4v) is 10.2. The summed E-state index contributed by atoms with van der Waals surface area (Å²) >= 11 is 0. The Hall–Kier alpha value is -6.85. The SMILES string of the molecule is CC1(C)c2ccccc2-c2ccc(N(c3ccc(-c4ccc(OC(F)(F)F)cc4)cc3)c3ccc4c(c3)C3(c5ccccc5-c5ccccc53)c3ccccc3-4)cc21. The van der Waals surface area contributed by atoms with Crippen LogP contribution in [0.4, 0.5) is 30.2 Å². The number of benzene rings is 8. The van der Waals surface area contributed by atoms with E-state index in [1.54, 1.807) is 12.1 Å². The smallest absolute Gasteiger partial charge is 0.406 e. The fraction of sp³-hybridized carbons (Fsp3) is 0.0943. The molecule has 0 atom stereocenters. The summed E-state index contributed by atoms with van der Waals surface area (Å²) in [5.41, 5.74) is 19.3. The van der Waals surface area contributed by atoms with Gasteiger partial charge >= 0.3 is 6.36 Å². The zero-order valence-corrected chi connectivity index (χ0v) is 31.8. The van der Waals surface area contributed by atoms with Crippen LogP contribution in [0.1, 0.15) is 47.2 Å². The quantitative estimate of drug-likeness (QED) is 0.173. The average Bonchev–Trinajstić information content (AvgIpc) is 3.79. The summed E-state index contributed by atoms with van der Waals surface area (Å²) in [6.07, 6.45) is -4.74. The highest BCUT2D eigenvalue weighted by molar-refractivity contribution is 5.96. The lowest BCUT2D eigenvalue weighted by atomic mass is 9.70. The van der Waals surface area contributed by atoms with Gasteiger partial charge in [-0.25, -0.2) is 0 Å². The molecule has 0 aromatic heterocycles. The Balaban J connectivity index is 1.10. The van der Waals surface area contributed by atoms with E-state index in [1.807, 2.05) is 12.1 Å². The van der Waals surface area contributed by atoms with Gasteiger partial charge in [0.15, 0.2) is 0 Å². The molecule has 0 unspecified atom stereocenters. The number of hydrogen-bond donors (Lipinski definition) is 0. The van der Waals surface area contributed by atoms with Crippen LogP contribution in [-0.2, 0) is 10.8 Å². The highest BCUT2D eigenvalue weighted by atomic mass is 19.4. The minimum absolute atomic E-state index is 0.194. The van der Waals surface area contributed by atoms with Gasteiger partial charge in [-0.15, -0.1) is 13.2 Å². The molecule has 0 heterocycles. The standard InChI is InChI=1S/C53H36F3NO/c1-51(2)45-15-7-3-11-39(45)43-29-25-36(31-49(43)51)57(35-23-19-33(20-24-35)34-21-27-38(28-22-34)58-53(54,55)56)37-26-30-44-42-14-6-10-18-48(42)52(50(44)32-37)46-16-8-4-12-40(46)41-13-5-9-17-47(41)52/h3-32H,1-2H3. The summed E-state index contributed by atoms with van der Waals surface area (Å²) in [7, 11) is 0. The van der Waals surface area contributed by atoms with Gasteiger partial charge in [0.1, 0.15) is 5.75 Å². The lowest BCUT2D eigenvalue weighted by molar-refractivity contribution is -0.274. The van der Waals surface area contributed by atoms with E-state index in [2.05, 4.69) is 169 Å². The van der Waals surface area contributed by atoms with E-state index < -0.39 is 11.8 Å². The lowest BCUT2D eigenvalue weighted by Gasteiger charge is -2.32. The Morgan fingerprint density at radius 1 is 0.397 bits per heavy atom. The molecule has 0 bridgehead atoms. The van der Waals surface area contributed by atoms with Crippen molar-refractivity contribution >= 4 is 17.1 Å². The molecular weight excluding hydrogens is 724 g/mol. The van der Waals surface area contributed by atoms with Crippen LogP contribution >= 0.6 is 0 Å². The first kappa shape index (κ1) is 34.4. The molecule has 0 saturated carbocycles. The van der Waals surface area contributed by atoms with Gasteiger partial charge in [0, 0.05) is 22.5 Å². The zero-order valence-electron chi connectivity index (χ0n) is 31.8. The molecule has 280 valence electrons. The molecule has 0 radical (unpaired) electrons. The number of fused-ring (bicyclic) bond motifs is 13. The number of alkyl halides is 3. The van der Waals surface area contributed by atoms with E-state index in [1.165, 1.54) is 78.9 Å². The maximum Gasteiger partial charge on any atom is 0.573 e. The van der Waals surface area contributed by atoms with Crippen LogP contribution in [-0.4, -0.2) is 6.36 Å². The largest absolute Gasteiger partial charge is 0.573 e. The van der Waals surface area contributed by atoms with Crippen LogP contribution in [0.2, 0.25) is 0 Å². The third-order valence-electron chi connectivity index (χ3n) is 12.6. The molecule has 1 spiro atoms. The van der Waals surface area contributed by atoms with Crippen molar-refractivity contribution in [3.8, 4) is 50.3 Å². The molecule has 3 aliphatic carbocycles. The van der Waals surface area contributed by atoms with Gasteiger partial charge < -0.3 is 9.64 Å². The second-order valence-corrected chi connectivity index (χ2v) is 16.0. The Morgan fingerprint density at radius 2 is 0.776 bits per heavy atom. The highest BCUT2D eigenvalue weighted by Gasteiger charge is 2.51. The third-order valence-corrected chi connectivity index (χ3v) is 12.6. The van der Waals surface area contributed by atoms with Gasteiger partial charge in [-0.2, -0.15) is 0 Å². The van der Waals surface area contributed by atoms with E-state index in [0.717, 1.165) is 28.2 Å². The lowest BCUT2D eigenvalue weighted by Crippen LogP contribution is -2.26. The average molecular weight is 760 g/mol. The summed E-state index contributed by atoms with van der Waals surface area (Å²) in [4.78, 5) is 2.34. The highest BCUT2D eigenvalue weighted by Crippen LogP contribution is 2.63. The van der Waals surface area contributed by atoms with Gasteiger partial charge in [0.2, 0.25) is 0 Å². The van der Waals surface area contributed by atoms with Gasteiger partial charge in [-0.3, -0.25) is 0 Å². The van der Waals surface area contributed by atoms with Crippen molar-refractivity contribution in [1.82, 2.24) is 0 Å². The number of rotatable bonds is 5. The molecule has 0 fully saturated rings. The van der Waals surface area contributed by atoms with Gasteiger partial charge in [0.05, 0.1) is 5.41 Å². The molecule has 5 heteroatoms. The molecular formula is C53H36F3NO. The van der Waals surface area contributed by atoms with Gasteiger partial charge in [-0.05, 0) is 126 Å². The summed E-state index contributed by atoms with van der Waals surface area (Å²) in [6, 6.07) is 63.3. The van der Waals surface area contributed by atoms with Crippen molar-refractivity contribution in [2.75, 3.05) is 4.90 Å². The minimum Gasteiger partial charge on any atom is -0.406 e. The second kappa shape index (κ2) is 12.3. The van der Waals surface area contributed by atoms with E-state index in [-0.39, 0.29) is 11.2 Å². The van der Waals surface area contributed by atoms with Crippen molar-refractivity contribution in [3.05, 3.63) is 215 Å². The normalized spacial score (nSPS) is 14.6. The number of ether oxygens (including phenoxy) is 1. The Kier molecular flexibility index (Phi) is 7.31. The van der Waals surface area contributed by atoms with Gasteiger partial charge in [-0.1, -0.05) is 147 Å². The van der Waals surface area contributed by atoms with Crippen LogP contribution in [0.5, 0.6) is 5.75 Å². The van der Waals surface area contributed by atoms with Crippen LogP contribution in [0.25, 0.3) is 44.5 Å². The molecule has 0 saturated heterocycles. The number of nitrogens with zero attached hydrogens (tertiary/aromatic N) is 1. The molecule has 0 aliphatic heterocycles. The van der Waals surface area contributed by atoms with Crippen LogP contribution < -0.4 is 9.64 Å². The van der Waals surface area contributed by atoms with Crippen molar-refractivity contribution < 1.29 is 17.9 Å². The molecule has 2 nitrogen and oxygen atoms in total. The summed E-state index contributed by atoms with van der Waals surface area (Å²) < 4.78 is 42.8. The molecule has 3 aliphatic rings. The third kappa shape index (κ3) is 4.92. The predicted molar refractivity (Wildman–Crippen MR) is 227 cm³/mol. The summed E-state index contributed by atoms with van der Waals surface area (Å²) in [5, 5.41) is 0. The van der Waals surface area contributed by atoms with Crippen LogP contribution in [0.15, 0.2) is 182 Å². The number of hydrogen-bond acceptors (Lipinski definition) is 2. The number of halogens is 3. The van der Waals surface area contributed by atoms with Crippen molar-refractivity contribution in [1.29, 1.82) is 0 Å². The molecule has 8 aromatic rings. The Bertz CT molecular complexity index is 2880.